The van der Waals surface area contributed by atoms with E-state index in [-0.39, 0.29) is 33.6 Å². The molecule has 0 atom stereocenters. The average Bonchev–Trinajstić information content (AvgIpc) is 3.24. The zero-order valence-electron chi connectivity index (χ0n) is 20.1. The summed E-state index contributed by atoms with van der Waals surface area (Å²) in [5, 5.41) is 22.1. The quantitative estimate of drug-likeness (QED) is 0.149. The predicted octanol–water partition coefficient (Wildman–Crippen LogP) is 5.69. The van der Waals surface area contributed by atoms with Gasteiger partial charge in [0.25, 0.3) is 5.91 Å². The second-order valence-corrected chi connectivity index (χ2v) is 8.79. The Hall–Kier alpha value is -4.76. The van der Waals surface area contributed by atoms with Gasteiger partial charge in [-0.25, -0.2) is 9.18 Å². The maximum atomic E-state index is 15.0. The van der Waals surface area contributed by atoms with Crippen molar-refractivity contribution < 1.29 is 32.3 Å². The molecule has 0 saturated carbocycles. The van der Waals surface area contributed by atoms with Crippen LogP contribution in [0.25, 0.3) is 22.2 Å². The number of benzene rings is 3. The molecule has 4 rings (SSSR count). The summed E-state index contributed by atoms with van der Waals surface area (Å²) in [6.45, 7) is 0. The Balaban J connectivity index is 2.05. The van der Waals surface area contributed by atoms with Gasteiger partial charge in [0, 0.05) is 30.6 Å². The molecule has 0 saturated heterocycles. The van der Waals surface area contributed by atoms with Crippen molar-refractivity contribution in [3.63, 3.8) is 0 Å². The van der Waals surface area contributed by atoms with Gasteiger partial charge in [-0.05, 0) is 42.5 Å². The van der Waals surface area contributed by atoms with E-state index in [1.807, 2.05) is 0 Å². The van der Waals surface area contributed by atoms with E-state index in [0.29, 0.717) is 16.3 Å². The molecule has 0 aliphatic rings. The van der Waals surface area contributed by atoms with Crippen LogP contribution in [-0.2, 0) is 6.18 Å². The molecule has 0 aliphatic heterocycles. The zero-order valence-corrected chi connectivity index (χ0v) is 20.8. The van der Waals surface area contributed by atoms with Crippen LogP contribution >= 0.6 is 11.6 Å². The fraction of sp³-hybridized carbons (Fsp3) is 0.115. The first-order valence-corrected chi connectivity index (χ1v) is 11.3. The second kappa shape index (κ2) is 10.2. The highest BCUT2D eigenvalue weighted by molar-refractivity contribution is 6.34. The number of carboxylic acid groups (broad SMARTS) is 1. The minimum absolute atomic E-state index is 0.0326. The molecule has 1 N–H and O–H groups in total. The highest BCUT2D eigenvalue weighted by Crippen LogP contribution is 2.37. The number of carbonyl (C=O) groups excluding carboxylic acids is 1. The summed E-state index contributed by atoms with van der Waals surface area (Å²) in [6.07, 6.45) is -3.27. The molecule has 0 aliphatic carbocycles. The Morgan fingerprint density at radius 1 is 1.10 bits per heavy atom. The number of halogens is 5. The fourth-order valence-corrected chi connectivity index (χ4v) is 4.26. The Morgan fingerprint density at radius 3 is 2.38 bits per heavy atom. The van der Waals surface area contributed by atoms with Crippen molar-refractivity contribution in [2.45, 2.75) is 6.18 Å². The van der Waals surface area contributed by atoms with E-state index in [1.165, 1.54) is 23.1 Å². The van der Waals surface area contributed by atoms with Gasteiger partial charge in [-0.3, -0.25) is 4.79 Å². The Morgan fingerprint density at radius 2 is 1.79 bits per heavy atom. The largest absolute Gasteiger partial charge is 0.478 e. The van der Waals surface area contributed by atoms with E-state index in [2.05, 4.69) is 10.1 Å². The third-order valence-electron chi connectivity index (χ3n) is 5.72. The predicted molar refractivity (Wildman–Crippen MR) is 134 cm³/mol. The molecular formula is C26H16ClF4N5O3. The standard InChI is InChI=1S/C26H16ClF4N5O3/c1-35(2)23(33-12-32)13-6-9-16-20(11-13)36(24(37)21-17(26(29,30)31)4-3-5-18(21)27)34-22(16)15-8-7-14(25(38)39)10-19(15)28/h3-11H,1-2H3,(H,38,39)/b33-23+. The van der Waals surface area contributed by atoms with Gasteiger partial charge >= 0.3 is 12.1 Å². The normalized spacial score (nSPS) is 11.9. The number of rotatable bonds is 4. The molecule has 0 amide bonds. The van der Waals surface area contributed by atoms with Crippen LogP contribution in [0.5, 0.6) is 0 Å². The number of carbonyl (C=O) groups is 2. The number of carboxylic acids is 1. The number of hydrogen-bond acceptors (Lipinski definition) is 5. The van der Waals surface area contributed by atoms with Crippen molar-refractivity contribution in [3.05, 3.63) is 87.7 Å². The smallest absolute Gasteiger partial charge is 0.417 e. The number of aromatic nitrogens is 2. The molecule has 3 aromatic carbocycles. The molecule has 8 nitrogen and oxygen atoms in total. The SMILES string of the molecule is CN(C)/C(=N/C#N)c1ccc2c(-c3ccc(C(=O)O)cc3F)nn(C(=O)c3c(Cl)cccc3C(F)(F)F)c2c1. The number of alkyl halides is 3. The van der Waals surface area contributed by atoms with Gasteiger partial charge in [-0.15, -0.1) is 0 Å². The molecule has 198 valence electrons. The van der Waals surface area contributed by atoms with Gasteiger partial charge in [0.2, 0.25) is 6.19 Å². The molecule has 0 radical (unpaired) electrons. The summed E-state index contributed by atoms with van der Waals surface area (Å²) in [6, 6.07) is 10.2. The fourth-order valence-electron chi connectivity index (χ4n) is 4.00. The van der Waals surface area contributed by atoms with E-state index in [0.717, 1.165) is 30.3 Å². The minimum atomic E-state index is -4.93. The molecule has 0 fully saturated rings. The van der Waals surface area contributed by atoms with Crippen LogP contribution in [0.1, 0.15) is 31.8 Å². The van der Waals surface area contributed by atoms with Gasteiger partial charge in [0.15, 0.2) is 0 Å². The van der Waals surface area contributed by atoms with Crippen LogP contribution in [0.4, 0.5) is 17.6 Å². The molecule has 1 heterocycles. The first kappa shape index (κ1) is 27.3. The van der Waals surface area contributed by atoms with E-state index >= 15 is 4.39 Å². The molecule has 0 unspecified atom stereocenters. The summed E-state index contributed by atoms with van der Waals surface area (Å²) in [7, 11) is 3.21. The van der Waals surface area contributed by atoms with E-state index < -0.39 is 40.0 Å². The lowest BCUT2D eigenvalue weighted by molar-refractivity contribution is -0.137. The highest BCUT2D eigenvalue weighted by Gasteiger charge is 2.37. The molecule has 1 aromatic heterocycles. The van der Waals surface area contributed by atoms with Crippen LogP contribution in [0.3, 0.4) is 0 Å². The highest BCUT2D eigenvalue weighted by atomic mass is 35.5. The summed E-state index contributed by atoms with van der Waals surface area (Å²) in [5.41, 5.74) is -2.55. The number of amidine groups is 1. The number of nitrogens with zero attached hydrogens (tertiary/aromatic N) is 5. The Labute approximate surface area is 223 Å². The van der Waals surface area contributed by atoms with Gasteiger partial charge in [-0.1, -0.05) is 23.7 Å². The lowest BCUT2D eigenvalue weighted by Gasteiger charge is -2.15. The topological polar surface area (TPSA) is 112 Å². The van der Waals surface area contributed by atoms with E-state index in [1.54, 1.807) is 20.3 Å². The third kappa shape index (κ3) is 5.04. The molecule has 39 heavy (non-hydrogen) atoms. The summed E-state index contributed by atoms with van der Waals surface area (Å²) in [4.78, 5) is 30.1. The van der Waals surface area contributed by atoms with Gasteiger partial charge in [0.1, 0.15) is 17.3 Å². The Bertz CT molecular complexity index is 1720. The first-order valence-electron chi connectivity index (χ1n) is 11.0. The third-order valence-corrected chi connectivity index (χ3v) is 6.03. The molecule has 4 aromatic rings. The minimum Gasteiger partial charge on any atom is -0.478 e. The van der Waals surface area contributed by atoms with Crippen molar-refractivity contribution in [1.29, 1.82) is 5.26 Å². The zero-order chi connectivity index (χ0) is 28.6. The van der Waals surface area contributed by atoms with E-state index in [9.17, 15) is 22.8 Å². The molecule has 0 spiro atoms. The van der Waals surface area contributed by atoms with Crippen LogP contribution in [0, 0.1) is 17.3 Å². The number of hydrogen-bond donors (Lipinski definition) is 1. The lowest BCUT2D eigenvalue weighted by atomic mass is 10.0. The lowest BCUT2D eigenvalue weighted by Crippen LogP contribution is -2.23. The van der Waals surface area contributed by atoms with Crippen LogP contribution in [0.15, 0.2) is 59.6 Å². The summed E-state index contributed by atoms with van der Waals surface area (Å²) in [5.74, 6) is -3.42. The maximum Gasteiger partial charge on any atom is 0.417 e. The number of nitriles is 1. The van der Waals surface area contributed by atoms with Crippen molar-refractivity contribution in [2.75, 3.05) is 14.1 Å². The summed E-state index contributed by atoms with van der Waals surface area (Å²) >= 11 is 6.05. The second-order valence-electron chi connectivity index (χ2n) is 8.39. The van der Waals surface area contributed by atoms with Crippen molar-refractivity contribution in [2.24, 2.45) is 4.99 Å². The van der Waals surface area contributed by atoms with Crippen LogP contribution in [0.2, 0.25) is 5.02 Å². The number of fused-ring (bicyclic) bond motifs is 1. The van der Waals surface area contributed by atoms with Crippen LogP contribution < -0.4 is 0 Å². The average molecular weight is 558 g/mol. The van der Waals surface area contributed by atoms with E-state index in [4.69, 9.17) is 22.0 Å². The van der Waals surface area contributed by atoms with Crippen molar-refractivity contribution in [1.82, 2.24) is 14.7 Å². The monoisotopic (exact) mass is 557 g/mol. The maximum absolute atomic E-state index is 15.0. The molecule has 0 bridgehead atoms. The van der Waals surface area contributed by atoms with Gasteiger partial charge in [-0.2, -0.15) is 33.2 Å². The Kier molecular flexibility index (Phi) is 7.12. The molecule has 13 heteroatoms. The number of aliphatic imine (C=N–C) groups is 1. The number of aromatic carboxylic acids is 1. The summed E-state index contributed by atoms with van der Waals surface area (Å²) < 4.78 is 57.1. The van der Waals surface area contributed by atoms with Gasteiger partial charge in [0.05, 0.1) is 27.2 Å². The van der Waals surface area contributed by atoms with Crippen LogP contribution in [-0.4, -0.2) is 51.6 Å². The van der Waals surface area contributed by atoms with Gasteiger partial charge < -0.3 is 10.0 Å². The molecular weight excluding hydrogens is 542 g/mol. The van der Waals surface area contributed by atoms with Crippen molar-refractivity contribution >= 4 is 40.2 Å². The first-order chi connectivity index (χ1) is 18.3. The van der Waals surface area contributed by atoms with Crippen molar-refractivity contribution in [3.8, 4) is 17.5 Å².